The van der Waals surface area contributed by atoms with Gasteiger partial charge in [-0.3, -0.25) is 9.69 Å². The molecule has 1 amide bonds. The largest absolute Gasteiger partial charge is 0.497 e. The van der Waals surface area contributed by atoms with Gasteiger partial charge in [-0.05, 0) is 30.5 Å². The van der Waals surface area contributed by atoms with Crippen molar-refractivity contribution in [3.63, 3.8) is 0 Å². The summed E-state index contributed by atoms with van der Waals surface area (Å²) < 4.78 is 47.9. The number of nitrogens with one attached hydrogen (secondary N) is 1. The molecule has 180 valence electrons. The number of carboxylic acid groups (broad SMARTS) is 1. The first-order valence-corrected chi connectivity index (χ1v) is 10.2. The van der Waals surface area contributed by atoms with E-state index in [1.807, 2.05) is 12.1 Å². The monoisotopic (exact) mass is 462 g/mol. The molecule has 3 rings (SSSR count). The van der Waals surface area contributed by atoms with Crippen LogP contribution in [0.25, 0.3) is 0 Å². The third-order valence-corrected chi connectivity index (χ3v) is 5.55. The predicted octanol–water partition coefficient (Wildman–Crippen LogP) is 2.07. The third kappa shape index (κ3) is 6.81. The van der Waals surface area contributed by atoms with Gasteiger partial charge >= 0.3 is 12.1 Å². The molecule has 2 aliphatic heterocycles. The number of alkyl halides is 3. The van der Waals surface area contributed by atoms with E-state index in [2.05, 4.69) is 22.3 Å². The summed E-state index contributed by atoms with van der Waals surface area (Å²) in [7, 11) is 3.31. The van der Waals surface area contributed by atoms with E-state index in [1.165, 1.54) is 5.56 Å². The number of benzene rings is 1. The summed E-state index contributed by atoms with van der Waals surface area (Å²) in [5.41, 5.74) is 0.798. The van der Waals surface area contributed by atoms with Crippen LogP contribution < -0.4 is 10.1 Å². The number of rotatable bonds is 7. The van der Waals surface area contributed by atoms with E-state index in [1.54, 1.807) is 14.2 Å². The van der Waals surface area contributed by atoms with Gasteiger partial charge in [0.2, 0.25) is 5.91 Å². The van der Waals surface area contributed by atoms with Gasteiger partial charge in [0.05, 0.1) is 25.2 Å². The zero-order chi connectivity index (χ0) is 23.8. The zero-order valence-corrected chi connectivity index (χ0v) is 18.1. The second-order valence-corrected chi connectivity index (χ2v) is 7.66. The lowest BCUT2D eigenvalue weighted by atomic mass is 9.75. The number of ether oxygens (including phenoxy) is 3. The van der Waals surface area contributed by atoms with Gasteiger partial charge in [-0.25, -0.2) is 4.79 Å². The van der Waals surface area contributed by atoms with Crippen LogP contribution >= 0.6 is 0 Å². The van der Waals surface area contributed by atoms with E-state index in [4.69, 9.17) is 24.1 Å². The van der Waals surface area contributed by atoms with E-state index in [9.17, 15) is 18.0 Å². The number of halogens is 3. The van der Waals surface area contributed by atoms with Crippen molar-refractivity contribution in [2.24, 2.45) is 5.41 Å². The Bertz CT molecular complexity index is 759. The molecule has 2 N–H and O–H groups in total. The molecule has 2 heterocycles. The quantitative estimate of drug-likeness (QED) is 0.599. The molecule has 11 heteroatoms. The van der Waals surface area contributed by atoms with E-state index >= 15 is 0 Å². The first kappa shape index (κ1) is 25.9. The van der Waals surface area contributed by atoms with Gasteiger partial charge in [-0.15, -0.1) is 0 Å². The molecule has 0 unspecified atom stereocenters. The number of methoxy groups -OCH3 is 2. The van der Waals surface area contributed by atoms with E-state index in [0.717, 1.165) is 38.2 Å². The lowest BCUT2D eigenvalue weighted by molar-refractivity contribution is -0.192. The minimum absolute atomic E-state index is 0.0298. The number of nitrogens with zero attached hydrogens (tertiary/aromatic N) is 1. The Morgan fingerprint density at radius 3 is 2.50 bits per heavy atom. The fourth-order valence-corrected chi connectivity index (χ4v) is 3.92. The highest BCUT2D eigenvalue weighted by Gasteiger charge is 2.53. The molecule has 0 bridgehead atoms. The number of carbonyl (C=O) groups is 2. The predicted molar refractivity (Wildman–Crippen MR) is 108 cm³/mol. The van der Waals surface area contributed by atoms with Crippen molar-refractivity contribution in [2.45, 2.75) is 31.7 Å². The number of carboxylic acids is 1. The summed E-state index contributed by atoms with van der Waals surface area (Å²) >= 11 is 0. The van der Waals surface area contributed by atoms with Crippen LogP contribution in [-0.2, 0) is 25.6 Å². The van der Waals surface area contributed by atoms with Crippen LogP contribution in [0.2, 0.25) is 0 Å². The van der Waals surface area contributed by atoms with Gasteiger partial charge in [0.25, 0.3) is 0 Å². The van der Waals surface area contributed by atoms with E-state index < -0.39 is 17.6 Å². The van der Waals surface area contributed by atoms with Gasteiger partial charge in [0, 0.05) is 39.9 Å². The number of fused-ring (bicyclic) bond motifs is 1. The number of likely N-dealkylation sites (tertiary alicyclic amines) is 1. The van der Waals surface area contributed by atoms with E-state index in [-0.39, 0.29) is 12.0 Å². The van der Waals surface area contributed by atoms with Gasteiger partial charge in [0.15, 0.2) is 0 Å². The Balaban J connectivity index is 0.000000451. The molecule has 0 aliphatic carbocycles. The molecule has 2 aliphatic rings. The molecule has 2 atom stereocenters. The number of hydrogen-bond acceptors (Lipinski definition) is 6. The van der Waals surface area contributed by atoms with Crippen molar-refractivity contribution < 1.29 is 42.1 Å². The molecular formula is C21H29F3N2O6. The fraction of sp³-hybridized carbons (Fsp3) is 0.619. The van der Waals surface area contributed by atoms with Crippen molar-refractivity contribution in [3.05, 3.63) is 29.8 Å². The topological polar surface area (TPSA) is 97.3 Å². The summed E-state index contributed by atoms with van der Waals surface area (Å²) in [6.45, 7) is 4.26. The first-order chi connectivity index (χ1) is 15.1. The summed E-state index contributed by atoms with van der Waals surface area (Å²) in [6.07, 6.45) is -3.37. The smallest absolute Gasteiger partial charge is 0.490 e. The van der Waals surface area contributed by atoms with Gasteiger partial charge in [-0.2, -0.15) is 13.2 Å². The third-order valence-electron chi connectivity index (χ3n) is 5.55. The molecular weight excluding hydrogens is 433 g/mol. The number of aliphatic carboxylic acids is 1. The van der Waals surface area contributed by atoms with Gasteiger partial charge in [-0.1, -0.05) is 12.1 Å². The molecule has 0 saturated carbocycles. The molecule has 2 fully saturated rings. The number of hydrogen-bond donors (Lipinski definition) is 2. The molecule has 0 radical (unpaired) electrons. The highest BCUT2D eigenvalue weighted by molar-refractivity contribution is 5.84. The maximum absolute atomic E-state index is 12.9. The molecule has 0 aromatic heterocycles. The Hall–Kier alpha value is -2.37. The maximum Gasteiger partial charge on any atom is 0.490 e. The van der Waals surface area contributed by atoms with Crippen molar-refractivity contribution in [1.82, 2.24) is 10.2 Å². The molecule has 2 saturated heterocycles. The average Bonchev–Trinajstić information content (AvgIpc) is 3.19. The highest BCUT2D eigenvalue weighted by Crippen LogP contribution is 2.41. The second-order valence-electron chi connectivity index (χ2n) is 7.66. The highest BCUT2D eigenvalue weighted by atomic mass is 19.4. The maximum atomic E-state index is 12.9. The van der Waals surface area contributed by atoms with Crippen molar-refractivity contribution in [1.29, 1.82) is 0 Å². The van der Waals surface area contributed by atoms with Crippen molar-refractivity contribution >= 4 is 11.9 Å². The Morgan fingerprint density at radius 2 is 1.94 bits per heavy atom. The van der Waals surface area contributed by atoms with Gasteiger partial charge in [0.1, 0.15) is 5.75 Å². The molecule has 32 heavy (non-hydrogen) atoms. The standard InChI is InChI=1S/C19H28N2O4.C2HF3O2/c1-23-12-9-20-18(22)19-8-11-25-17(19)7-10-21(14-19)13-15-3-5-16(24-2)6-4-15;3-2(4,5)1(6)7/h3-6,17H,7-14H2,1-2H3,(H,20,22);(H,6,7)/t17-,19-;/m1./s1. The number of amides is 1. The van der Waals surface area contributed by atoms with Crippen LogP contribution in [-0.4, -0.2) is 81.2 Å². The molecule has 8 nitrogen and oxygen atoms in total. The molecule has 1 aromatic carbocycles. The summed E-state index contributed by atoms with van der Waals surface area (Å²) in [5.74, 6) is -1.79. The minimum Gasteiger partial charge on any atom is -0.497 e. The Morgan fingerprint density at radius 1 is 1.28 bits per heavy atom. The van der Waals surface area contributed by atoms with Crippen LogP contribution in [0.3, 0.4) is 0 Å². The Kier molecular flexibility index (Phi) is 9.29. The van der Waals surface area contributed by atoms with Gasteiger partial charge < -0.3 is 24.6 Å². The molecule has 0 spiro atoms. The summed E-state index contributed by atoms with van der Waals surface area (Å²) in [6, 6.07) is 8.13. The van der Waals surface area contributed by atoms with Crippen LogP contribution in [0.4, 0.5) is 13.2 Å². The van der Waals surface area contributed by atoms with Crippen LogP contribution in [0.1, 0.15) is 18.4 Å². The van der Waals surface area contributed by atoms with Crippen LogP contribution in [0.15, 0.2) is 24.3 Å². The van der Waals surface area contributed by atoms with Crippen LogP contribution in [0.5, 0.6) is 5.75 Å². The van der Waals surface area contributed by atoms with Crippen molar-refractivity contribution in [3.8, 4) is 5.75 Å². The number of carbonyl (C=O) groups excluding carboxylic acids is 1. The normalized spacial score (nSPS) is 23.0. The fourth-order valence-electron chi connectivity index (χ4n) is 3.92. The Labute approximate surface area is 184 Å². The second kappa shape index (κ2) is 11.5. The summed E-state index contributed by atoms with van der Waals surface area (Å²) in [5, 5.41) is 10.2. The van der Waals surface area contributed by atoms with E-state index in [0.29, 0.717) is 19.8 Å². The van der Waals surface area contributed by atoms with Crippen molar-refractivity contribution in [2.75, 3.05) is 47.1 Å². The van der Waals surface area contributed by atoms with Crippen LogP contribution in [0, 0.1) is 5.41 Å². The zero-order valence-electron chi connectivity index (χ0n) is 18.1. The average molecular weight is 462 g/mol. The molecule has 1 aromatic rings. The summed E-state index contributed by atoms with van der Waals surface area (Å²) in [4.78, 5) is 24.1. The lowest BCUT2D eigenvalue weighted by Gasteiger charge is -2.42. The lowest BCUT2D eigenvalue weighted by Crippen LogP contribution is -2.57. The minimum atomic E-state index is -5.08. The SMILES string of the molecule is COCCNC(=O)[C@@]12CCO[C@@H]1CCN(Cc1ccc(OC)cc1)C2.O=C(O)C(F)(F)F. The number of piperidine rings is 1. The first-order valence-electron chi connectivity index (χ1n) is 10.2.